The Kier molecular flexibility index (Phi) is 4.04. The zero-order valence-corrected chi connectivity index (χ0v) is 9.04. The summed E-state index contributed by atoms with van der Waals surface area (Å²) in [6.45, 7) is 2.44. The highest BCUT2D eigenvalue weighted by molar-refractivity contribution is 6.30. The van der Waals surface area contributed by atoms with Crippen LogP contribution in [0.4, 0.5) is 5.69 Å². The molecule has 1 aromatic rings. The zero-order valence-electron chi connectivity index (χ0n) is 8.29. The van der Waals surface area contributed by atoms with Gasteiger partial charge in [-0.1, -0.05) is 11.6 Å². The molecule has 0 aliphatic carbocycles. The number of hydrogen-bond donors (Lipinski definition) is 1. The number of ether oxygens (including phenoxy) is 2. The van der Waals surface area contributed by atoms with E-state index in [-0.39, 0.29) is 6.10 Å². The van der Waals surface area contributed by atoms with Crippen molar-refractivity contribution >= 4 is 17.3 Å². The molecule has 78 valence electrons. The van der Waals surface area contributed by atoms with Gasteiger partial charge in [-0.25, -0.2) is 0 Å². The van der Waals surface area contributed by atoms with Gasteiger partial charge in [-0.3, -0.25) is 0 Å². The van der Waals surface area contributed by atoms with Crippen LogP contribution in [-0.4, -0.2) is 19.8 Å². The molecule has 0 aliphatic rings. The van der Waals surface area contributed by atoms with E-state index in [2.05, 4.69) is 0 Å². The Balaban J connectivity index is 2.67. The van der Waals surface area contributed by atoms with Gasteiger partial charge in [-0.05, 0) is 25.1 Å². The summed E-state index contributed by atoms with van der Waals surface area (Å²) < 4.78 is 10.5. The SMILES string of the molecule is COC[C@H](C)Oc1ccc(Cl)cc1N. The van der Waals surface area contributed by atoms with Crippen molar-refractivity contribution < 1.29 is 9.47 Å². The van der Waals surface area contributed by atoms with Crippen molar-refractivity contribution in [1.29, 1.82) is 0 Å². The molecule has 0 aromatic heterocycles. The maximum atomic E-state index is 5.75. The zero-order chi connectivity index (χ0) is 10.6. The maximum absolute atomic E-state index is 5.75. The van der Waals surface area contributed by atoms with Crippen molar-refractivity contribution in [3.63, 3.8) is 0 Å². The molecular formula is C10H14ClNO2. The Labute approximate surface area is 88.8 Å². The lowest BCUT2D eigenvalue weighted by Crippen LogP contribution is -2.18. The van der Waals surface area contributed by atoms with Crippen LogP contribution < -0.4 is 10.5 Å². The minimum atomic E-state index is -0.0246. The standard InChI is InChI=1S/C10H14ClNO2/c1-7(6-13-2)14-10-4-3-8(11)5-9(10)12/h3-5,7H,6,12H2,1-2H3/t7-/m0/s1. The topological polar surface area (TPSA) is 44.5 Å². The third-order valence-electron chi connectivity index (χ3n) is 1.70. The van der Waals surface area contributed by atoms with Gasteiger partial charge in [0.05, 0.1) is 12.3 Å². The molecule has 0 saturated heterocycles. The Morgan fingerprint density at radius 3 is 2.79 bits per heavy atom. The van der Waals surface area contributed by atoms with Gasteiger partial charge >= 0.3 is 0 Å². The second-order valence-corrected chi connectivity index (χ2v) is 3.50. The average Bonchev–Trinajstić information content (AvgIpc) is 2.10. The van der Waals surface area contributed by atoms with Gasteiger partial charge in [-0.15, -0.1) is 0 Å². The predicted octanol–water partition coefficient (Wildman–Crippen LogP) is 2.34. The van der Waals surface area contributed by atoms with Crippen LogP contribution in [0.25, 0.3) is 0 Å². The molecule has 0 bridgehead atoms. The van der Waals surface area contributed by atoms with E-state index in [1.165, 1.54) is 0 Å². The molecule has 1 atom stereocenters. The summed E-state index contributed by atoms with van der Waals surface area (Å²) in [4.78, 5) is 0. The summed E-state index contributed by atoms with van der Waals surface area (Å²) in [6.07, 6.45) is -0.0246. The van der Waals surface area contributed by atoms with E-state index in [0.29, 0.717) is 23.1 Å². The van der Waals surface area contributed by atoms with Gasteiger partial charge in [0, 0.05) is 12.1 Å². The van der Waals surface area contributed by atoms with Crippen LogP contribution in [0, 0.1) is 0 Å². The lowest BCUT2D eigenvalue weighted by Gasteiger charge is -2.15. The molecule has 14 heavy (non-hydrogen) atoms. The van der Waals surface area contributed by atoms with Crippen molar-refractivity contribution in [3.8, 4) is 5.75 Å². The molecular weight excluding hydrogens is 202 g/mol. The summed E-state index contributed by atoms with van der Waals surface area (Å²) in [5.74, 6) is 0.638. The molecule has 0 fully saturated rings. The number of benzene rings is 1. The summed E-state index contributed by atoms with van der Waals surface area (Å²) in [6, 6.07) is 5.16. The molecule has 0 amide bonds. The summed E-state index contributed by atoms with van der Waals surface area (Å²) >= 11 is 5.75. The molecule has 2 N–H and O–H groups in total. The van der Waals surface area contributed by atoms with Crippen LogP contribution in [0.1, 0.15) is 6.92 Å². The Morgan fingerprint density at radius 1 is 1.50 bits per heavy atom. The van der Waals surface area contributed by atoms with E-state index in [9.17, 15) is 0 Å². The first kappa shape index (κ1) is 11.1. The summed E-state index contributed by atoms with van der Waals surface area (Å²) in [5.41, 5.74) is 6.26. The molecule has 0 unspecified atom stereocenters. The summed E-state index contributed by atoms with van der Waals surface area (Å²) in [7, 11) is 1.63. The van der Waals surface area contributed by atoms with Gasteiger partial charge < -0.3 is 15.2 Å². The van der Waals surface area contributed by atoms with Gasteiger partial charge in [0.25, 0.3) is 0 Å². The van der Waals surface area contributed by atoms with Gasteiger partial charge in [0.15, 0.2) is 0 Å². The first-order valence-corrected chi connectivity index (χ1v) is 4.72. The minimum Gasteiger partial charge on any atom is -0.486 e. The minimum absolute atomic E-state index is 0.0246. The number of rotatable bonds is 4. The highest BCUT2D eigenvalue weighted by Crippen LogP contribution is 2.25. The highest BCUT2D eigenvalue weighted by atomic mass is 35.5. The normalized spacial score (nSPS) is 12.5. The second-order valence-electron chi connectivity index (χ2n) is 3.07. The second kappa shape index (κ2) is 5.08. The van der Waals surface area contributed by atoms with Gasteiger partial charge in [0.2, 0.25) is 0 Å². The predicted molar refractivity (Wildman–Crippen MR) is 57.8 cm³/mol. The first-order valence-electron chi connectivity index (χ1n) is 4.34. The van der Waals surface area contributed by atoms with Crippen molar-refractivity contribution in [2.45, 2.75) is 13.0 Å². The fourth-order valence-electron chi connectivity index (χ4n) is 1.11. The number of nitrogen functional groups attached to an aromatic ring is 1. The van der Waals surface area contributed by atoms with Crippen LogP contribution in [-0.2, 0) is 4.74 Å². The molecule has 0 radical (unpaired) electrons. The molecule has 3 nitrogen and oxygen atoms in total. The van der Waals surface area contributed by atoms with Crippen molar-refractivity contribution in [2.24, 2.45) is 0 Å². The number of hydrogen-bond acceptors (Lipinski definition) is 3. The first-order chi connectivity index (χ1) is 6.63. The largest absolute Gasteiger partial charge is 0.486 e. The Hall–Kier alpha value is -0.930. The lowest BCUT2D eigenvalue weighted by molar-refractivity contribution is 0.0926. The van der Waals surface area contributed by atoms with E-state index < -0.39 is 0 Å². The smallest absolute Gasteiger partial charge is 0.142 e. The van der Waals surface area contributed by atoms with Crippen molar-refractivity contribution in [1.82, 2.24) is 0 Å². The van der Waals surface area contributed by atoms with E-state index in [1.807, 2.05) is 6.92 Å². The monoisotopic (exact) mass is 215 g/mol. The van der Waals surface area contributed by atoms with Crippen LogP contribution in [0.5, 0.6) is 5.75 Å². The molecule has 1 rings (SSSR count). The van der Waals surface area contributed by atoms with Gasteiger partial charge in [-0.2, -0.15) is 0 Å². The number of methoxy groups -OCH3 is 1. The summed E-state index contributed by atoms with van der Waals surface area (Å²) in [5, 5.41) is 0.606. The van der Waals surface area contributed by atoms with E-state index >= 15 is 0 Å². The number of anilines is 1. The van der Waals surface area contributed by atoms with E-state index in [1.54, 1.807) is 25.3 Å². The third kappa shape index (κ3) is 3.09. The van der Waals surface area contributed by atoms with Crippen LogP contribution in [0.3, 0.4) is 0 Å². The van der Waals surface area contributed by atoms with E-state index in [4.69, 9.17) is 26.8 Å². The maximum Gasteiger partial charge on any atom is 0.142 e. The number of halogens is 1. The van der Waals surface area contributed by atoms with Crippen LogP contribution in [0.2, 0.25) is 5.02 Å². The average molecular weight is 216 g/mol. The quantitative estimate of drug-likeness (QED) is 0.785. The van der Waals surface area contributed by atoms with Crippen molar-refractivity contribution in [3.05, 3.63) is 23.2 Å². The highest BCUT2D eigenvalue weighted by Gasteiger charge is 2.06. The molecule has 0 saturated carbocycles. The molecule has 4 heteroatoms. The molecule has 0 aliphatic heterocycles. The number of nitrogens with two attached hydrogens (primary N) is 1. The van der Waals surface area contributed by atoms with Gasteiger partial charge in [0.1, 0.15) is 11.9 Å². The van der Waals surface area contributed by atoms with Crippen LogP contribution in [0.15, 0.2) is 18.2 Å². The fourth-order valence-corrected chi connectivity index (χ4v) is 1.29. The Morgan fingerprint density at radius 2 is 2.21 bits per heavy atom. The van der Waals surface area contributed by atoms with E-state index in [0.717, 1.165) is 0 Å². The molecule has 1 aromatic carbocycles. The molecule has 0 heterocycles. The van der Waals surface area contributed by atoms with Crippen LogP contribution >= 0.6 is 11.6 Å². The van der Waals surface area contributed by atoms with Crippen molar-refractivity contribution in [2.75, 3.05) is 19.5 Å². The lowest BCUT2D eigenvalue weighted by atomic mass is 10.3. The third-order valence-corrected chi connectivity index (χ3v) is 1.94. The Bertz CT molecular complexity index is 304. The fraction of sp³-hybridized carbons (Fsp3) is 0.400. The molecule has 0 spiro atoms.